The van der Waals surface area contributed by atoms with Crippen molar-refractivity contribution in [2.45, 2.75) is 5.88 Å². The lowest BCUT2D eigenvalue weighted by molar-refractivity contribution is -0.384. The van der Waals surface area contributed by atoms with Gasteiger partial charge in [-0.2, -0.15) is 0 Å². The summed E-state index contributed by atoms with van der Waals surface area (Å²) in [4.78, 5) is 10.1. The minimum atomic E-state index is -0.572. The van der Waals surface area contributed by atoms with Crippen molar-refractivity contribution in [2.75, 3.05) is 0 Å². The Bertz CT molecular complexity index is 664. The zero-order chi connectivity index (χ0) is 14.7. The molecule has 0 aliphatic heterocycles. The highest BCUT2D eigenvalue weighted by Gasteiger charge is 2.14. The topological polar surface area (TPSA) is 52.4 Å². The second-order valence-electron chi connectivity index (χ2n) is 3.82. The van der Waals surface area contributed by atoms with Crippen molar-refractivity contribution in [2.24, 2.45) is 0 Å². The normalized spacial score (nSPS) is 10.3. The molecule has 4 nitrogen and oxygen atoms in total. The molecule has 0 saturated heterocycles. The van der Waals surface area contributed by atoms with E-state index >= 15 is 0 Å². The maximum Gasteiger partial charge on any atom is 0.273 e. The van der Waals surface area contributed by atoms with Crippen LogP contribution in [0.25, 0.3) is 0 Å². The fourth-order valence-corrected chi connectivity index (χ4v) is 1.98. The molecule has 0 saturated carbocycles. The average molecular weight is 316 g/mol. The number of rotatable bonds is 4. The first-order chi connectivity index (χ1) is 9.52. The standard InChI is InChI=1S/C13H8Cl2FNO3/c14-7-9-11(16)2-1-3-12(9)20-13-6-8(17(18)19)4-5-10(13)15/h1-6H,7H2. The quantitative estimate of drug-likeness (QED) is 0.457. The number of halogens is 3. The van der Waals surface area contributed by atoms with Crippen LogP contribution in [0.3, 0.4) is 0 Å². The van der Waals surface area contributed by atoms with Crippen LogP contribution in [0.2, 0.25) is 5.02 Å². The SMILES string of the molecule is O=[N+]([O-])c1ccc(Cl)c(Oc2cccc(F)c2CCl)c1. The lowest BCUT2D eigenvalue weighted by Gasteiger charge is -2.11. The molecule has 0 aliphatic carbocycles. The van der Waals surface area contributed by atoms with Crippen molar-refractivity contribution in [3.05, 3.63) is 62.9 Å². The van der Waals surface area contributed by atoms with E-state index in [4.69, 9.17) is 27.9 Å². The Labute approximate surface area is 123 Å². The van der Waals surface area contributed by atoms with Crippen LogP contribution in [0, 0.1) is 15.9 Å². The van der Waals surface area contributed by atoms with Gasteiger partial charge < -0.3 is 4.74 Å². The van der Waals surface area contributed by atoms with Crippen LogP contribution in [-0.4, -0.2) is 4.92 Å². The lowest BCUT2D eigenvalue weighted by Crippen LogP contribution is -1.95. The number of hydrogen-bond acceptors (Lipinski definition) is 3. The zero-order valence-electron chi connectivity index (χ0n) is 9.98. The molecular formula is C13H8Cl2FNO3. The molecule has 0 amide bonds. The molecule has 0 fully saturated rings. The summed E-state index contributed by atoms with van der Waals surface area (Å²) in [5.74, 6) is -0.367. The van der Waals surface area contributed by atoms with Gasteiger partial charge in [0.1, 0.15) is 11.6 Å². The first-order valence-electron chi connectivity index (χ1n) is 5.48. The maximum atomic E-state index is 13.6. The minimum Gasteiger partial charge on any atom is -0.455 e. The van der Waals surface area contributed by atoms with E-state index in [0.29, 0.717) is 0 Å². The van der Waals surface area contributed by atoms with E-state index in [1.807, 2.05) is 0 Å². The van der Waals surface area contributed by atoms with Crippen molar-refractivity contribution in [3.8, 4) is 11.5 Å². The van der Waals surface area contributed by atoms with E-state index in [-0.39, 0.29) is 33.7 Å². The molecule has 20 heavy (non-hydrogen) atoms. The van der Waals surface area contributed by atoms with Gasteiger partial charge in [0, 0.05) is 11.6 Å². The van der Waals surface area contributed by atoms with Crippen molar-refractivity contribution in [1.29, 1.82) is 0 Å². The summed E-state index contributed by atoms with van der Waals surface area (Å²) in [6, 6.07) is 7.98. The summed E-state index contributed by atoms with van der Waals surface area (Å²) in [7, 11) is 0. The van der Waals surface area contributed by atoms with Gasteiger partial charge in [0.05, 0.1) is 21.9 Å². The molecule has 2 aromatic carbocycles. The van der Waals surface area contributed by atoms with Crippen LogP contribution in [0.15, 0.2) is 36.4 Å². The van der Waals surface area contributed by atoms with Gasteiger partial charge in [-0.15, -0.1) is 11.6 Å². The summed E-state index contributed by atoms with van der Waals surface area (Å²) in [6.07, 6.45) is 0. The highest BCUT2D eigenvalue weighted by Crippen LogP contribution is 2.35. The Kier molecular flexibility index (Phi) is 4.42. The van der Waals surface area contributed by atoms with Crippen LogP contribution in [0.5, 0.6) is 11.5 Å². The predicted octanol–water partition coefficient (Wildman–Crippen LogP) is 4.92. The van der Waals surface area contributed by atoms with Crippen LogP contribution in [0.4, 0.5) is 10.1 Å². The number of ether oxygens (including phenoxy) is 1. The van der Waals surface area contributed by atoms with Gasteiger partial charge in [-0.25, -0.2) is 4.39 Å². The number of nitrogens with zero attached hydrogens (tertiary/aromatic N) is 1. The van der Waals surface area contributed by atoms with Crippen molar-refractivity contribution >= 4 is 28.9 Å². The molecule has 0 heterocycles. The molecule has 0 aliphatic rings. The molecule has 0 spiro atoms. The highest BCUT2D eigenvalue weighted by molar-refractivity contribution is 6.32. The van der Waals surface area contributed by atoms with Crippen LogP contribution < -0.4 is 4.74 Å². The zero-order valence-corrected chi connectivity index (χ0v) is 11.5. The number of benzene rings is 2. The third-order valence-corrected chi connectivity index (χ3v) is 3.13. The summed E-state index contributed by atoms with van der Waals surface area (Å²) >= 11 is 11.6. The van der Waals surface area contributed by atoms with Gasteiger partial charge in [0.25, 0.3) is 5.69 Å². The Morgan fingerprint density at radius 1 is 1.25 bits per heavy atom. The Balaban J connectivity index is 2.42. The number of non-ortho nitro benzene ring substituents is 1. The van der Waals surface area contributed by atoms with Crippen LogP contribution in [0.1, 0.15) is 5.56 Å². The number of nitro benzene ring substituents is 1. The van der Waals surface area contributed by atoms with E-state index < -0.39 is 10.7 Å². The Morgan fingerprint density at radius 2 is 2.00 bits per heavy atom. The third kappa shape index (κ3) is 3.00. The smallest absolute Gasteiger partial charge is 0.273 e. The molecule has 7 heteroatoms. The predicted molar refractivity (Wildman–Crippen MR) is 74.1 cm³/mol. The Morgan fingerprint density at radius 3 is 2.65 bits per heavy atom. The van der Waals surface area contributed by atoms with Crippen LogP contribution >= 0.6 is 23.2 Å². The van der Waals surface area contributed by atoms with Gasteiger partial charge >= 0.3 is 0 Å². The van der Waals surface area contributed by atoms with E-state index in [0.717, 1.165) is 0 Å². The first-order valence-corrected chi connectivity index (χ1v) is 6.39. The Hall–Kier alpha value is -1.85. The van der Waals surface area contributed by atoms with Gasteiger partial charge in [0.2, 0.25) is 0 Å². The molecule has 0 bridgehead atoms. The molecule has 2 aromatic rings. The summed E-state index contributed by atoms with van der Waals surface area (Å²) < 4.78 is 19.0. The second kappa shape index (κ2) is 6.07. The third-order valence-electron chi connectivity index (χ3n) is 2.56. The molecule has 0 atom stereocenters. The van der Waals surface area contributed by atoms with Gasteiger partial charge in [-0.05, 0) is 18.2 Å². The molecular weight excluding hydrogens is 308 g/mol. The molecule has 104 valence electrons. The number of nitro groups is 1. The van der Waals surface area contributed by atoms with Gasteiger partial charge in [-0.3, -0.25) is 10.1 Å². The summed E-state index contributed by atoms with van der Waals surface area (Å²) in [5.41, 5.74) is -0.00929. The molecule has 0 N–H and O–H groups in total. The van der Waals surface area contributed by atoms with Crippen LogP contribution in [-0.2, 0) is 5.88 Å². The van der Waals surface area contributed by atoms with E-state index in [9.17, 15) is 14.5 Å². The maximum absolute atomic E-state index is 13.6. The van der Waals surface area contributed by atoms with Crippen molar-refractivity contribution in [1.82, 2.24) is 0 Å². The lowest BCUT2D eigenvalue weighted by atomic mass is 10.2. The fourth-order valence-electron chi connectivity index (χ4n) is 1.57. The second-order valence-corrected chi connectivity index (χ2v) is 4.50. The largest absolute Gasteiger partial charge is 0.455 e. The number of hydrogen-bond donors (Lipinski definition) is 0. The average Bonchev–Trinajstić information content (AvgIpc) is 2.41. The molecule has 0 radical (unpaired) electrons. The van der Waals surface area contributed by atoms with Gasteiger partial charge in [0.15, 0.2) is 5.75 Å². The molecule has 0 unspecified atom stereocenters. The van der Waals surface area contributed by atoms with E-state index in [2.05, 4.69) is 0 Å². The molecule has 2 rings (SSSR count). The van der Waals surface area contributed by atoms with E-state index in [1.165, 1.54) is 36.4 Å². The van der Waals surface area contributed by atoms with Gasteiger partial charge in [-0.1, -0.05) is 17.7 Å². The first kappa shape index (κ1) is 14.6. The van der Waals surface area contributed by atoms with Crippen molar-refractivity contribution < 1.29 is 14.1 Å². The summed E-state index contributed by atoms with van der Waals surface area (Å²) in [5, 5.41) is 10.9. The number of alkyl halides is 1. The minimum absolute atomic E-state index is 0.0674. The fraction of sp³-hybridized carbons (Fsp3) is 0.0769. The monoisotopic (exact) mass is 315 g/mol. The molecule has 0 aromatic heterocycles. The summed E-state index contributed by atoms with van der Waals surface area (Å²) in [6.45, 7) is 0. The highest BCUT2D eigenvalue weighted by atomic mass is 35.5. The van der Waals surface area contributed by atoms with E-state index in [1.54, 1.807) is 0 Å². The van der Waals surface area contributed by atoms with Crippen molar-refractivity contribution in [3.63, 3.8) is 0 Å².